The van der Waals surface area contributed by atoms with Gasteiger partial charge in [-0.25, -0.2) is 9.37 Å². The number of benzene rings is 1. The first kappa shape index (κ1) is 12.8. The van der Waals surface area contributed by atoms with Gasteiger partial charge in [0.15, 0.2) is 0 Å². The lowest BCUT2D eigenvalue weighted by Crippen LogP contribution is -1.98. The number of rotatable bonds is 3. The smallest absolute Gasteiger partial charge is 0.137 e. The molecule has 0 spiro atoms. The van der Waals surface area contributed by atoms with E-state index in [-0.39, 0.29) is 18.0 Å². The molecule has 0 amide bonds. The van der Waals surface area contributed by atoms with Crippen molar-refractivity contribution >= 4 is 17.4 Å². The van der Waals surface area contributed by atoms with Crippen LogP contribution in [-0.4, -0.2) is 15.8 Å². The van der Waals surface area contributed by atoms with Gasteiger partial charge in [0.1, 0.15) is 17.4 Å². The molecule has 94 valence electrons. The Labute approximate surface area is 109 Å². The van der Waals surface area contributed by atoms with Crippen molar-refractivity contribution in [1.29, 1.82) is 0 Å². The van der Waals surface area contributed by atoms with E-state index in [1.165, 1.54) is 13.0 Å². The van der Waals surface area contributed by atoms with Gasteiger partial charge in [0.05, 0.1) is 23.3 Å². The predicted molar refractivity (Wildman–Crippen MR) is 68.1 cm³/mol. The first-order valence-electron chi connectivity index (χ1n) is 5.46. The van der Waals surface area contributed by atoms with E-state index in [2.05, 4.69) is 9.97 Å². The average molecular weight is 267 g/mol. The highest BCUT2D eigenvalue weighted by Gasteiger charge is 2.11. The summed E-state index contributed by atoms with van der Waals surface area (Å²) in [6, 6.07) is 2.93. The van der Waals surface area contributed by atoms with E-state index in [0.717, 1.165) is 0 Å². The van der Waals surface area contributed by atoms with E-state index in [1.807, 2.05) is 0 Å². The molecule has 1 N–H and O–H groups in total. The standard InChI is InChI=1S/C13H12ClFN2O/c1-7-3-10(14)9(5-11(7)15)12-6-16-13(17-12)4-8(2)18/h3,5-6H,4H2,1-2H3,(H,16,17). The summed E-state index contributed by atoms with van der Waals surface area (Å²) < 4.78 is 13.5. The van der Waals surface area contributed by atoms with Gasteiger partial charge < -0.3 is 4.98 Å². The van der Waals surface area contributed by atoms with Crippen LogP contribution in [0, 0.1) is 12.7 Å². The molecule has 2 aromatic rings. The maximum atomic E-state index is 13.5. The first-order valence-corrected chi connectivity index (χ1v) is 5.84. The maximum absolute atomic E-state index is 13.5. The van der Waals surface area contributed by atoms with Gasteiger partial charge in [0.2, 0.25) is 0 Å². The molecule has 1 aromatic heterocycles. The number of ketones is 1. The molecule has 1 aromatic carbocycles. The number of aromatic nitrogens is 2. The van der Waals surface area contributed by atoms with Crippen molar-refractivity contribution in [3.63, 3.8) is 0 Å². The number of hydrogen-bond donors (Lipinski definition) is 1. The van der Waals surface area contributed by atoms with Crippen LogP contribution in [0.5, 0.6) is 0 Å². The second kappa shape index (κ2) is 4.90. The molecule has 5 heteroatoms. The third-order valence-corrected chi connectivity index (χ3v) is 2.90. The number of carbonyl (C=O) groups is 1. The molecule has 0 bridgehead atoms. The van der Waals surface area contributed by atoms with Gasteiger partial charge in [-0.2, -0.15) is 0 Å². The second-order valence-corrected chi connectivity index (χ2v) is 4.61. The molecule has 18 heavy (non-hydrogen) atoms. The van der Waals surface area contributed by atoms with E-state index in [9.17, 15) is 9.18 Å². The zero-order valence-electron chi connectivity index (χ0n) is 10.1. The molecule has 0 fully saturated rings. The van der Waals surface area contributed by atoms with E-state index in [1.54, 1.807) is 19.2 Å². The molecule has 0 saturated carbocycles. The van der Waals surface area contributed by atoms with E-state index < -0.39 is 0 Å². The molecule has 0 saturated heterocycles. The van der Waals surface area contributed by atoms with Crippen LogP contribution in [-0.2, 0) is 11.2 Å². The summed E-state index contributed by atoms with van der Waals surface area (Å²) in [4.78, 5) is 18.0. The van der Waals surface area contributed by atoms with Crippen LogP contribution < -0.4 is 0 Å². The van der Waals surface area contributed by atoms with Crippen LogP contribution in [0.3, 0.4) is 0 Å². The highest BCUT2D eigenvalue weighted by atomic mass is 35.5. The largest absolute Gasteiger partial charge is 0.342 e. The monoisotopic (exact) mass is 266 g/mol. The fourth-order valence-electron chi connectivity index (χ4n) is 1.68. The van der Waals surface area contributed by atoms with E-state index in [0.29, 0.717) is 27.7 Å². The Bertz CT molecular complexity index is 607. The molecule has 2 rings (SSSR count). The summed E-state index contributed by atoms with van der Waals surface area (Å²) in [7, 11) is 0. The van der Waals surface area contributed by atoms with Crippen molar-refractivity contribution in [1.82, 2.24) is 9.97 Å². The van der Waals surface area contributed by atoms with Crippen molar-refractivity contribution in [2.45, 2.75) is 20.3 Å². The summed E-state index contributed by atoms with van der Waals surface area (Å²) in [5.41, 5.74) is 1.64. The van der Waals surface area contributed by atoms with Crippen LogP contribution in [0.1, 0.15) is 18.3 Å². The summed E-state index contributed by atoms with van der Waals surface area (Å²) in [6.07, 6.45) is 1.78. The second-order valence-electron chi connectivity index (χ2n) is 4.20. The summed E-state index contributed by atoms with van der Waals surface area (Å²) in [6.45, 7) is 3.14. The zero-order valence-corrected chi connectivity index (χ0v) is 10.8. The minimum Gasteiger partial charge on any atom is -0.342 e. The molecular formula is C13H12ClFN2O. The number of H-pyrrole nitrogens is 1. The first-order chi connectivity index (χ1) is 8.47. The van der Waals surface area contributed by atoms with Crippen LogP contribution in [0.4, 0.5) is 4.39 Å². The Hall–Kier alpha value is -1.68. The van der Waals surface area contributed by atoms with Crippen molar-refractivity contribution in [3.8, 4) is 11.3 Å². The van der Waals surface area contributed by atoms with Crippen molar-refractivity contribution in [2.75, 3.05) is 0 Å². The normalized spacial score (nSPS) is 10.7. The average Bonchev–Trinajstić information content (AvgIpc) is 2.70. The molecule has 0 atom stereocenters. The highest BCUT2D eigenvalue weighted by Crippen LogP contribution is 2.29. The van der Waals surface area contributed by atoms with Crippen molar-refractivity contribution < 1.29 is 9.18 Å². The summed E-state index contributed by atoms with van der Waals surface area (Å²) in [5, 5.41) is 0.451. The molecule has 0 aliphatic rings. The predicted octanol–water partition coefficient (Wildman–Crippen LogP) is 3.31. The lowest BCUT2D eigenvalue weighted by atomic mass is 10.1. The number of hydrogen-bond acceptors (Lipinski definition) is 2. The molecule has 0 unspecified atom stereocenters. The Morgan fingerprint density at radius 2 is 2.22 bits per heavy atom. The number of halogens is 2. The Morgan fingerprint density at radius 3 is 2.89 bits per heavy atom. The van der Waals surface area contributed by atoms with Gasteiger partial charge in [-0.15, -0.1) is 0 Å². The van der Waals surface area contributed by atoms with Crippen molar-refractivity contribution in [2.24, 2.45) is 0 Å². The minimum atomic E-state index is -0.322. The van der Waals surface area contributed by atoms with Gasteiger partial charge in [-0.3, -0.25) is 4.79 Å². The molecule has 0 aliphatic heterocycles. The quantitative estimate of drug-likeness (QED) is 0.926. The lowest BCUT2D eigenvalue weighted by molar-refractivity contribution is -0.116. The van der Waals surface area contributed by atoms with Crippen LogP contribution in [0.25, 0.3) is 11.3 Å². The third kappa shape index (κ3) is 2.59. The SMILES string of the molecule is CC(=O)Cc1ncc(-c2cc(F)c(C)cc2Cl)[nH]1. The van der Waals surface area contributed by atoms with E-state index >= 15 is 0 Å². The Kier molecular flexibility index (Phi) is 3.48. The zero-order chi connectivity index (χ0) is 13.3. The topological polar surface area (TPSA) is 45.8 Å². The molecular weight excluding hydrogens is 255 g/mol. The molecule has 3 nitrogen and oxygen atoms in total. The number of carbonyl (C=O) groups excluding carboxylic acids is 1. The number of aryl methyl sites for hydroxylation is 1. The van der Waals surface area contributed by atoms with E-state index in [4.69, 9.17) is 11.6 Å². The van der Waals surface area contributed by atoms with Gasteiger partial charge in [0, 0.05) is 5.56 Å². The molecule has 0 aliphatic carbocycles. The van der Waals surface area contributed by atoms with Gasteiger partial charge in [-0.1, -0.05) is 11.6 Å². The number of imidazole rings is 1. The number of nitrogens with one attached hydrogen (secondary N) is 1. The third-order valence-electron chi connectivity index (χ3n) is 2.58. The number of Topliss-reactive ketones (excluding diaryl/α,β-unsaturated/α-hetero) is 1. The lowest BCUT2D eigenvalue weighted by Gasteiger charge is -2.04. The Morgan fingerprint density at radius 1 is 1.50 bits per heavy atom. The van der Waals surface area contributed by atoms with Crippen LogP contribution >= 0.6 is 11.6 Å². The maximum Gasteiger partial charge on any atom is 0.137 e. The van der Waals surface area contributed by atoms with Gasteiger partial charge in [0.25, 0.3) is 0 Å². The fraction of sp³-hybridized carbons (Fsp3) is 0.231. The fourth-order valence-corrected chi connectivity index (χ4v) is 2.00. The van der Waals surface area contributed by atoms with Crippen LogP contribution in [0.2, 0.25) is 5.02 Å². The van der Waals surface area contributed by atoms with Crippen molar-refractivity contribution in [3.05, 3.63) is 40.6 Å². The summed E-state index contributed by atoms with van der Waals surface area (Å²) >= 11 is 6.07. The molecule has 1 heterocycles. The number of nitrogens with zero attached hydrogens (tertiary/aromatic N) is 1. The van der Waals surface area contributed by atoms with Crippen LogP contribution in [0.15, 0.2) is 18.3 Å². The Balaban J connectivity index is 2.40. The molecule has 0 radical (unpaired) electrons. The minimum absolute atomic E-state index is 0.0112. The summed E-state index contributed by atoms with van der Waals surface area (Å²) in [5.74, 6) is 0.240. The highest BCUT2D eigenvalue weighted by molar-refractivity contribution is 6.33. The number of aromatic amines is 1. The van der Waals surface area contributed by atoms with Gasteiger partial charge >= 0.3 is 0 Å². The van der Waals surface area contributed by atoms with Gasteiger partial charge in [-0.05, 0) is 31.5 Å².